The van der Waals surface area contributed by atoms with Gasteiger partial charge >= 0.3 is 5.97 Å². The zero-order chi connectivity index (χ0) is 23.0. The van der Waals surface area contributed by atoms with Crippen LogP contribution >= 0.6 is 0 Å². The number of aromatic carboxylic acids is 1. The van der Waals surface area contributed by atoms with Crippen LogP contribution in [0.3, 0.4) is 0 Å². The molecule has 3 aromatic carbocycles. The summed E-state index contributed by atoms with van der Waals surface area (Å²) in [6, 6.07) is 9.05. The third-order valence-corrected chi connectivity index (χ3v) is 4.56. The first-order valence-electron chi connectivity index (χ1n) is 8.76. The molecule has 0 bridgehead atoms. The van der Waals surface area contributed by atoms with Crippen LogP contribution in [0.4, 0.5) is 0 Å². The van der Waals surface area contributed by atoms with Crippen molar-refractivity contribution in [3.05, 3.63) is 75.8 Å². The molecule has 9 heteroatoms. The van der Waals surface area contributed by atoms with Crippen molar-refractivity contribution < 1.29 is 45.0 Å². The lowest BCUT2D eigenvalue weighted by Crippen LogP contribution is -2.21. The Morgan fingerprint density at radius 2 is 1.29 bits per heavy atom. The highest BCUT2D eigenvalue weighted by molar-refractivity contribution is 6.30. The molecule has 0 saturated heterocycles. The van der Waals surface area contributed by atoms with Crippen molar-refractivity contribution in [1.29, 1.82) is 0 Å². The molecule has 0 aliphatic heterocycles. The van der Waals surface area contributed by atoms with Crippen LogP contribution in [0, 0.1) is 6.92 Å². The van der Waals surface area contributed by atoms with E-state index in [2.05, 4.69) is 0 Å². The van der Waals surface area contributed by atoms with E-state index in [4.69, 9.17) is 20.4 Å². The molecule has 6 N–H and O–H groups in total. The summed E-state index contributed by atoms with van der Waals surface area (Å²) < 4.78 is 0. The minimum atomic E-state index is -1.29. The van der Waals surface area contributed by atoms with Crippen LogP contribution < -0.4 is 0 Å². The van der Waals surface area contributed by atoms with Gasteiger partial charge < -0.3 is 30.6 Å². The summed E-state index contributed by atoms with van der Waals surface area (Å²) in [5.41, 5.74) is 0.677. The van der Waals surface area contributed by atoms with Crippen LogP contribution in [0.1, 0.15) is 47.8 Å². The summed E-state index contributed by atoms with van der Waals surface area (Å²) in [6.07, 6.45) is 0. The van der Waals surface area contributed by atoms with Crippen LogP contribution in [-0.2, 0) is 0 Å². The maximum absolute atomic E-state index is 12.3. The van der Waals surface area contributed by atoms with Gasteiger partial charge in [0.05, 0.1) is 16.7 Å². The molecule has 0 fully saturated rings. The Morgan fingerprint density at radius 1 is 0.710 bits per heavy atom. The van der Waals surface area contributed by atoms with Crippen molar-refractivity contribution in [3.63, 3.8) is 0 Å². The molecule has 1 aliphatic rings. The Hall–Kier alpha value is -4.53. The molecule has 1 aliphatic carbocycles. The SMILES string of the molecule is Cc1cc(O)c2c(c1)C(=O)c1cccc(O)c1C2=O.O=C(O)c1cc(O)c(O)c(O)c1. The number of phenolic OH excluding ortho intramolecular Hbond substituents is 5. The molecule has 4 rings (SSSR count). The van der Waals surface area contributed by atoms with Crippen LogP contribution in [0.2, 0.25) is 0 Å². The molecule has 0 unspecified atom stereocenters. The minimum absolute atomic E-state index is 0.0374. The molecule has 0 aromatic heterocycles. The number of carbonyl (C=O) groups is 3. The van der Waals surface area contributed by atoms with E-state index in [0.29, 0.717) is 5.56 Å². The van der Waals surface area contributed by atoms with Crippen molar-refractivity contribution >= 4 is 17.5 Å². The van der Waals surface area contributed by atoms with Gasteiger partial charge in [0.1, 0.15) is 11.5 Å². The average molecular weight is 424 g/mol. The number of phenols is 5. The Kier molecular flexibility index (Phi) is 5.27. The number of hydrogen-bond acceptors (Lipinski definition) is 8. The lowest BCUT2D eigenvalue weighted by molar-refractivity contribution is 0.0695. The topological polar surface area (TPSA) is 173 Å². The van der Waals surface area contributed by atoms with Crippen molar-refractivity contribution in [2.45, 2.75) is 6.92 Å². The summed E-state index contributed by atoms with van der Waals surface area (Å²) in [5.74, 6) is -4.70. The van der Waals surface area contributed by atoms with Gasteiger partial charge in [0.25, 0.3) is 0 Å². The summed E-state index contributed by atoms with van der Waals surface area (Å²) in [4.78, 5) is 35.0. The number of ketones is 2. The number of aryl methyl sites for hydroxylation is 1. The number of carbonyl (C=O) groups excluding carboxylic acids is 2. The third-order valence-electron chi connectivity index (χ3n) is 4.56. The predicted octanol–water partition coefficient (Wildman–Crippen LogP) is 2.68. The lowest BCUT2D eigenvalue weighted by atomic mass is 9.82. The second-order valence-electron chi connectivity index (χ2n) is 6.73. The first-order valence-corrected chi connectivity index (χ1v) is 8.76. The van der Waals surface area contributed by atoms with Gasteiger partial charge in [-0.2, -0.15) is 0 Å². The fraction of sp³-hybridized carbons (Fsp3) is 0.0455. The molecule has 0 saturated carbocycles. The Morgan fingerprint density at radius 3 is 1.87 bits per heavy atom. The monoisotopic (exact) mass is 424 g/mol. The lowest BCUT2D eigenvalue weighted by Gasteiger charge is -2.19. The van der Waals surface area contributed by atoms with Gasteiger partial charge in [0.15, 0.2) is 23.0 Å². The summed E-state index contributed by atoms with van der Waals surface area (Å²) in [5, 5.41) is 54.6. The van der Waals surface area contributed by atoms with E-state index in [1.165, 1.54) is 24.3 Å². The maximum atomic E-state index is 12.3. The van der Waals surface area contributed by atoms with Crippen LogP contribution in [-0.4, -0.2) is 48.2 Å². The van der Waals surface area contributed by atoms with Crippen molar-refractivity contribution in [3.8, 4) is 28.7 Å². The van der Waals surface area contributed by atoms with E-state index in [9.17, 15) is 24.6 Å². The van der Waals surface area contributed by atoms with Crippen molar-refractivity contribution in [1.82, 2.24) is 0 Å². The average Bonchev–Trinajstić information content (AvgIpc) is 2.69. The largest absolute Gasteiger partial charge is 0.507 e. The standard InChI is InChI=1S/C15H10O4.C7H6O5/c1-7-5-9-13(11(17)6-7)15(19)12-8(14(9)18)3-2-4-10(12)16;8-4-1-3(7(11)12)2-5(9)6(4)10/h2-6,16-17H,1H3;1-2,8-10H,(H,11,12). The second-order valence-corrected chi connectivity index (χ2v) is 6.73. The smallest absolute Gasteiger partial charge is 0.335 e. The van der Waals surface area contributed by atoms with E-state index in [1.54, 1.807) is 13.0 Å². The summed E-state index contributed by atoms with van der Waals surface area (Å²) >= 11 is 0. The number of benzene rings is 3. The first-order chi connectivity index (χ1) is 14.5. The molecule has 0 spiro atoms. The third kappa shape index (κ3) is 3.71. The van der Waals surface area contributed by atoms with E-state index >= 15 is 0 Å². The van der Waals surface area contributed by atoms with E-state index in [1.807, 2.05) is 0 Å². The highest BCUT2D eigenvalue weighted by Crippen LogP contribution is 2.37. The van der Waals surface area contributed by atoms with Gasteiger partial charge in [0.2, 0.25) is 5.78 Å². The van der Waals surface area contributed by atoms with E-state index < -0.39 is 29.0 Å². The predicted molar refractivity (Wildman–Crippen MR) is 106 cm³/mol. The van der Waals surface area contributed by atoms with Gasteiger partial charge in [-0.05, 0) is 42.8 Å². The molecule has 0 amide bonds. The second kappa shape index (κ2) is 7.71. The summed E-state index contributed by atoms with van der Waals surface area (Å²) in [6.45, 7) is 1.73. The van der Waals surface area contributed by atoms with Crippen molar-refractivity contribution in [2.24, 2.45) is 0 Å². The Balaban J connectivity index is 0.000000196. The van der Waals surface area contributed by atoms with E-state index in [-0.39, 0.29) is 45.1 Å². The number of fused-ring (bicyclic) bond motifs is 2. The molecular formula is C22H16O9. The van der Waals surface area contributed by atoms with Crippen LogP contribution in [0.15, 0.2) is 42.5 Å². The van der Waals surface area contributed by atoms with Crippen molar-refractivity contribution in [2.75, 3.05) is 0 Å². The summed E-state index contributed by atoms with van der Waals surface area (Å²) in [7, 11) is 0. The van der Waals surface area contributed by atoms with Crippen LogP contribution in [0.25, 0.3) is 0 Å². The fourth-order valence-electron chi connectivity index (χ4n) is 3.15. The molecule has 0 heterocycles. The minimum Gasteiger partial charge on any atom is -0.507 e. The first kappa shape index (κ1) is 21.2. The fourth-order valence-corrected chi connectivity index (χ4v) is 3.15. The quantitative estimate of drug-likeness (QED) is 0.251. The Bertz CT molecular complexity index is 1240. The van der Waals surface area contributed by atoms with Gasteiger partial charge in [-0.3, -0.25) is 9.59 Å². The van der Waals surface area contributed by atoms with Gasteiger partial charge in [-0.15, -0.1) is 0 Å². The highest BCUT2D eigenvalue weighted by Gasteiger charge is 2.34. The number of hydrogen-bond donors (Lipinski definition) is 6. The van der Waals surface area contributed by atoms with Gasteiger partial charge in [-0.1, -0.05) is 12.1 Å². The molecule has 0 radical (unpaired) electrons. The molecule has 158 valence electrons. The maximum Gasteiger partial charge on any atom is 0.335 e. The van der Waals surface area contributed by atoms with E-state index in [0.717, 1.165) is 12.1 Å². The Labute approximate surface area is 174 Å². The number of rotatable bonds is 1. The zero-order valence-electron chi connectivity index (χ0n) is 15.9. The van der Waals surface area contributed by atoms with Crippen LogP contribution in [0.5, 0.6) is 28.7 Å². The van der Waals surface area contributed by atoms with Gasteiger partial charge in [0, 0.05) is 11.1 Å². The number of carboxylic acid groups (broad SMARTS) is 1. The van der Waals surface area contributed by atoms with Gasteiger partial charge in [-0.25, -0.2) is 4.79 Å². The molecular weight excluding hydrogens is 408 g/mol. The normalized spacial score (nSPS) is 11.8. The zero-order valence-corrected chi connectivity index (χ0v) is 15.9. The molecule has 31 heavy (non-hydrogen) atoms. The highest BCUT2D eigenvalue weighted by atomic mass is 16.4. The molecule has 0 atom stereocenters. The number of aromatic hydroxyl groups is 5. The number of carboxylic acids is 1. The molecule has 9 nitrogen and oxygen atoms in total. The molecule has 3 aromatic rings.